The number of nitro benzene ring substituents is 1. The van der Waals surface area contributed by atoms with Crippen LogP contribution in [0.2, 0.25) is 10.0 Å². The van der Waals surface area contributed by atoms with Gasteiger partial charge < -0.3 is 21.3 Å². The summed E-state index contributed by atoms with van der Waals surface area (Å²) in [6.45, 7) is 0. The van der Waals surface area contributed by atoms with E-state index in [1.165, 1.54) is 24.3 Å². The first-order chi connectivity index (χ1) is 15.7. The SMILES string of the molecule is O=C1CC(C(=O)Nc2cccc([N+](=O)[O-])c2)C2C(=O)NC(Nc3cc(Cl)cc(Cl)c3)NC2N1. The minimum atomic E-state index is -0.989. The Balaban J connectivity index is 1.49. The van der Waals surface area contributed by atoms with Gasteiger partial charge in [-0.15, -0.1) is 0 Å². The number of benzene rings is 2. The lowest BCUT2D eigenvalue weighted by Gasteiger charge is -2.43. The molecule has 2 aromatic rings. The molecule has 0 saturated carbocycles. The normalized spacial score (nSPS) is 24.2. The molecule has 3 amide bonds. The Hall–Kier alpha value is -3.41. The number of hydrogen-bond donors (Lipinski definition) is 5. The summed E-state index contributed by atoms with van der Waals surface area (Å²) in [5.74, 6) is -3.35. The number of hydrogen-bond acceptors (Lipinski definition) is 7. The molecule has 2 aromatic carbocycles. The number of piperidine rings is 1. The topological polar surface area (TPSA) is 154 Å². The van der Waals surface area contributed by atoms with Crippen molar-refractivity contribution in [3.05, 3.63) is 62.6 Å². The molecule has 4 rings (SSSR count). The summed E-state index contributed by atoms with van der Waals surface area (Å²) in [6.07, 6.45) is -1.81. The predicted octanol–water partition coefficient (Wildman–Crippen LogP) is 2.03. The highest BCUT2D eigenvalue weighted by Crippen LogP contribution is 2.29. The van der Waals surface area contributed by atoms with Gasteiger partial charge in [0.2, 0.25) is 17.7 Å². The largest absolute Gasteiger partial charge is 0.353 e. The van der Waals surface area contributed by atoms with Crippen LogP contribution in [0, 0.1) is 22.0 Å². The first kappa shape index (κ1) is 22.8. The molecule has 0 bridgehead atoms. The van der Waals surface area contributed by atoms with Crippen molar-refractivity contribution >= 4 is 58.0 Å². The van der Waals surface area contributed by atoms with Crippen LogP contribution < -0.4 is 26.6 Å². The van der Waals surface area contributed by atoms with E-state index in [1.54, 1.807) is 18.2 Å². The van der Waals surface area contributed by atoms with E-state index in [2.05, 4.69) is 26.6 Å². The molecule has 11 nitrogen and oxygen atoms in total. The molecule has 2 aliphatic heterocycles. The van der Waals surface area contributed by atoms with Crippen molar-refractivity contribution in [3.63, 3.8) is 0 Å². The van der Waals surface area contributed by atoms with Gasteiger partial charge in [0.15, 0.2) is 6.29 Å². The van der Waals surface area contributed by atoms with E-state index in [0.29, 0.717) is 15.7 Å². The fourth-order valence-electron chi connectivity index (χ4n) is 3.89. The van der Waals surface area contributed by atoms with Crippen molar-refractivity contribution in [1.29, 1.82) is 0 Å². The molecular weight excluding hydrogens is 475 g/mol. The van der Waals surface area contributed by atoms with Gasteiger partial charge in [-0.05, 0) is 24.3 Å². The van der Waals surface area contributed by atoms with Crippen molar-refractivity contribution in [2.24, 2.45) is 11.8 Å². The Morgan fingerprint density at radius 1 is 1.06 bits per heavy atom. The highest BCUT2D eigenvalue weighted by atomic mass is 35.5. The third-order valence-corrected chi connectivity index (χ3v) is 5.72. The molecule has 172 valence electrons. The Bertz CT molecular complexity index is 1130. The summed E-state index contributed by atoms with van der Waals surface area (Å²) in [4.78, 5) is 48.5. The Kier molecular flexibility index (Phi) is 6.36. The third-order valence-electron chi connectivity index (χ3n) is 5.28. The molecule has 2 saturated heterocycles. The summed E-state index contributed by atoms with van der Waals surface area (Å²) in [5, 5.41) is 25.8. The standard InChI is InChI=1S/C20H18Cl2N6O5/c21-9-4-10(22)6-12(5-9)24-20-26-17-16(19(31)27-20)14(8-15(29)25-17)18(30)23-11-2-1-3-13(7-11)28(32)33/h1-7,14,16-17,20,24,26H,8H2,(H,23,30)(H,25,29)(H,27,31). The molecule has 33 heavy (non-hydrogen) atoms. The van der Waals surface area contributed by atoms with E-state index in [9.17, 15) is 24.5 Å². The van der Waals surface area contributed by atoms with E-state index in [4.69, 9.17) is 23.2 Å². The molecule has 2 heterocycles. The molecule has 0 aliphatic carbocycles. The summed E-state index contributed by atoms with van der Waals surface area (Å²) in [5.41, 5.74) is 0.531. The molecule has 0 spiro atoms. The first-order valence-corrected chi connectivity index (χ1v) is 10.6. The average molecular weight is 493 g/mol. The van der Waals surface area contributed by atoms with Crippen LogP contribution in [0.5, 0.6) is 0 Å². The van der Waals surface area contributed by atoms with Gasteiger partial charge in [-0.3, -0.25) is 29.8 Å². The quantitative estimate of drug-likeness (QED) is 0.315. The predicted molar refractivity (Wildman–Crippen MR) is 120 cm³/mol. The minimum absolute atomic E-state index is 0.193. The van der Waals surface area contributed by atoms with E-state index >= 15 is 0 Å². The number of carbonyl (C=O) groups is 3. The molecule has 0 radical (unpaired) electrons. The number of fused-ring (bicyclic) bond motifs is 1. The zero-order chi connectivity index (χ0) is 23.7. The summed E-state index contributed by atoms with van der Waals surface area (Å²) in [7, 11) is 0. The Morgan fingerprint density at radius 3 is 2.48 bits per heavy atom. The zero-order valence-electron chi connectivity index (χ0n) is 16.8. The van der Waals surface area contributed by atoms with Gasteiger partial charge in [-0.25, -0.2) is 0 Å². The van der Waals surface area contributed by atoms with Crippen molar-refractivity contribution in [2.45, 2.75) is 18.9 Å². The molecule has 4 unspecified atom stereocenters. The van der Waals surface area contributed by atoms with Crippen LogP contribution in [0.3, 0.4) is 0 Å². The van der Waals surface area contributed by atoms with Crippen molar-refractivity contribution in [2.75, 3.05) is 10.6 Å². The molecule has 5 N–H and O–H groups in total. The van der Waals surface area contributed by atoms with Crippen LogP contribution >= 0.6 is 23.2 Å². The van der Waals surface area contributed by atoms with Gasteiger partial charge in [-0.2, -0.15) is 0 Å². The lowest BCUT2D eigenvalue weighted by atomic mass is 9.81. The average Bonchev–Trinajstić information content (AvgIpc) is 2.72. The van der Waals surface area contributed by atoms with E-state index in [1.807, 2.05) is 0 Å². The Morgan fingerprint density at radius 2 is 1.79 bits per heavy atom. The van der Waals surface area contributed by atoms with Crippen molar-refractivity contribution in [3.8, 4) is 0 Å². The van der Waals surface area contributed by atoms with Crippen LogP contribution in [-0.2, 0) is 14.4 Å². The fourth-order valence-corrected chi connectivity index (χ4v) is 4.42. The molecule has 13 heteroatoms. The zero-order valence-corrected chi connectivity index (χ0v) is 18.3. The molecule has 4 atom stereocenters. The number of nitrogens with one attached hydrogen (secondary N) is 5. The number of amides is 3. The first-order valence-electron chi connectivity index (χ1n) is 9.83. The van der Waals surface area contributed by atoms with Gasteiger partial charge in [0.1, 0.15) is 0 Å². The van der Waals surface area contributed by atoms with Crippen molar-refractivity contribution < 1.29 is 19.3 Å². The number of carbonyl (C=O) groups excluding carboxylic acids is 3. The second-order valence-corrected chi connectivity index (χ2v) is 8.46. The number of non-ortho nitro benzene ring substituents is 1. The van der Waals surface area contributed by atoms with Crippen LogP contribution in [0.4, 0.5) is 17.1 Å². The lowest BCUT2D eigenvalue weighted by Crippen LogP contribution is -2.72. The maximum absolute atomic E-state index is 12.9. The summed E-state index contributed by atoms with van der Waals surface area (Å²) >= 11 is 12.0. The van der Waals surface area contributed by atoms with Gasteiger partial charge in [0, 0.05) is 40.0 Å². The lowest BCUT2D eigenvalue weighted by molar-refractivity contribution is -0.384. The minimum Gasteiger partial charge on any atom is -0.353 e. The maximum Gasteiger partial charge on any atom is 0.271 e. The number of rotatable bonds is 5. The second kappa shape index (κ2) is 9.22. The molecule has 2 fully saturated rings. The van der Waals surface area contributed by atoms with Gasteiger partial charge >= 0.3 is 0 Å². The van der Waals surface area contributed by atoms with Crippen LogP contribution in [0.15, 0.2) is 42.5 Å². The van der Waals surface area contributed by atoms with Gasteiger partial charge in [0.25, 0.3) is 5.69 Å². The fraction of sp³-hybridized carbons (Fsp3) is 0.250. The maximum atomic E-state index is 12.9. The number of nitro groups is 1. The smallest absolute Gasteiger partial charge is 0.271 e. The van der Waals surface area contributed by atoms with Crippen molar-refractivity contribution in [1.82, 2.24) is 16.0 Å². The van der Waals surface area contributed by atoms with Gasteiger partial charge in [0.05, 0.1) is 22.9 Å². The molecule has 2 aliphatic rings. The Labute approximate surface area is 197 Å². The highest BCUT2D eigenvalue weighted by Gasteiger charge is 2.48. The van der Waals surface area contributed by atoms with E-state index in [0.717, 1.165) is 0 Å². The molecular formula is C20H18Cl2N6O5. The summed E-state index contributed by atoms with van der Waals surface area (Å²) in [6, 6.07) is 10.2. The monoisotopic (exact) mass is 492 g/mol. The van der Waals surface area contributed by atoms with Crippen LogP contribution in [0.1, 0.15) is 6.42 Å². The van der Waals surface area contributed by atoms with Gasteiger partial charge in [-0.1, -0.05) is 29.3 Å². The van der Waals surface area contributed by atoms with Crippen LogP contribution in [-0.4, -0.2) is 35.1 Å². The second-order valence-electron chi connectivity index (χ2n) is 7.59. The van der Waals surface area contributed by atoms with E-state index < -0.39 is 46.9 Å². The van der Waals surface area contributed by atoms with Crippen LogP contribution in [0.25, 0.3) is 0 Å². The number of nitrogens with zero attached hydrogens (tertiary/aromatic N) is 1. The van der Waals surface area contributed by atoms with E-state index in [-0.39, 0.29) is 17.8 Å². The number of anilines is 2. The summed E-state index contributed by atoms with van der Waals surface area (Å²) < 4.78 is 0. The molecule has 0 aromatic heterocycles. The third kappa shape index (κ3) is 5.16. The highest BCUT2D eigenvalue weighted by molar-refractivity contribution is 6.35. The number of halogens is 2.